The molecule has 1 aliphatic heterocycles. The van der Waals surface area contributed by atoms with Gasteiger partial charge in [-0.2, -0.15) is 13.1 Å². The minimum absolute atomic E-state index is 0.249. The summed E-state index contributed by atoms with van der Waals surface area (Å²) in [5.41, 5.74) is 2.66. The average molecular weight is 285 g/mol. The highest BCUT2D eigenvalue weighted by Crippen LogP contribution is 2.29. The molecule has 19 heavy (non-hydrogen) atoms. The number of rotatable bonds is 6. The molecule has 1 heterocycles. The molecular weight excluding hydrogens is 266 g/mol. The Morgan fingerprint density at radius 3 is 3.05 bits per heavy atom. The number of hydrogen-bond acceptors (Lipinski definition) is 4. The number of nitrogens with one attached hydrogen (secondary N) is 3. The monoisotopic (exact) mass is 285 g/mol. The van der Waals surface area contributed by atoms with Crippen molar-refractivity contribution < 1.29 is 13.2 Å². The normalized spacial score (nSPS) is 14.6. The summed E-state index contributed by atoms with van der Waals surface area (Å²) < 4.78 is 33.5. The largest absolute Gasteiger partial charge is 0.385 e. The Morgan fingerprint density at radius 2 is 2.26 bits per heavy atom. The van der Waals surface area contributed by atoms with Crippen molar-refractivity contribution in [1.29, 1.82) is 0 Å². The van der Waals surface area contributed by atoms with Gasteiger partial charge in [0.1, 0.15) is 0 Å². The average Bonchev–Trinajstić information content (AvgIpc) is 2.39. The van der Waals surface area contributed by atoms with Gasteiger partial charge in [0.15, 0.2) is 0 Å². The van der Waals surface area contributed by atoms with Gasteiger partial charge in [-0.15, -0.1) is 0 Å². The molecular formula is C12H19N3O3S. The lowest BCUT2D eigenvalue weighted by Gasteiger charge is -2.21. The summed E-state index contributed by atoms with van der Waals surface area (Å²) in [6.07, 6.45) is 1.88. The Hall–Kier alpha value is -1.31. The smallest absolute Gasteiger partial charge is 0.299 e. The van der Waals surface area contributed by atoms with Crippen LogP contribution in [0.25, 0.3) is 0 Å². The van der Waals surface area contributed by atoms with Gasteiger partial charge in [0.25, 0.3) is 10.2 Å². The molecule has 2 rings (SSSR count). The second-order valence-electron chi connectivity index (χ2n) is 4.35. The van der Waals surface area contributed by atoms with Crippen LogP contribution < -0.4 is 14.8 Å². The quantitative estimate of drug-likeness (QED) is 0.680. The standard InChI is InChI=1S/C12H19N3O3S/c1-18-9-8-14-19(16,17)15-12-6-2-5-11-10(12)4-3-7-13-11/h2,5-6,13-15H,3-4,7-9H2,1H3. The van der Waals surface area contributed by atoms with Crippen molar-refractivity contribution in [3.8, 4) is 0 Å². The molecule has 0 saturated heterocycles. The van der Waals surface area contributed by atoms with E-state index in [0.717, 1.165) is 30.6 Å². The number of ether oxygens (including phenoxy) is 1. The first-order valence-corrected chi connectivity index (χ1v) is 7.73. The molecule has 0 aromatic heterocycles. The minimum Gasteiger partial charge on any atom is -0.385 e. The molecule has 0 aliphatic carbocycles. The zero-order chi connectivity index (χ0) is 13.7. The molecule has 0 radical (unpaired) electrons. The van der Waals surface area contributed by atoms with E-state index in [1.807, 2.05) is 12.1 Å². The first kappa shape index (κ1) is 14.1. The van der Waals surface area contributed by atoms with E-state index >= 15 is 0 Å². The van der Waals surface area contributed by atoms with E-state index in [1.165, 1.54) is 7.11 Å². The van der Waals surface area contributed by atoms with Crippen LogP contribution in [-0.4, -0.2) is 35.2 Å². The second-order valence-corrected chi connectivity index (χ2v) is 5.85. The van der Waals surface area contributed by atoms with Gasteiger partial charge in [0, 0.05) is 25.9 Å². The van der Waals surface area contributed by atoms with Gasteiger partial charge in [0.2, 0.25) is 0 Å². The molecule has 3 N–H and O–H groups in total. The van der Waals surface area contributed by atoms with E-state index < -0.39 is 10.2 Å². The Kier molecular flexibility index (Phi) is 4.62. The van der Waals surface area contributed by atoms with Crippen molar-refractivity contribution in [3.63, 3.8) is 0 Å². The molecule has 0 amide bonds. The topological polar surface area (TPSA) is 79.5 Å². The van der Waals surface area contributed by atoms with E-state index in [0.29, 0.717) is 12.3 Å². The number of anilines is 2. The summed E-state index contributed by atoms with van der Waals surface area (Å²) in [6.45, 7) is 1.52. The Labute approximate surface area is 113 Å². The zero-order valence-electron chi connectivity index (χ0n) is 10.9. The Morgan fingerprint density at radius 1 is 1.42 bits per heavy atom. The summed E-state index contributed by atoms with van der Waals surface area (Å²) in [5, 5.41) is 3.27. The van der Waals surface area contributed by atoms with Crippen LogP contribution in [0.15, 0.2) is 18.2 Å². The van der Waals surface area contributed by atoms with Crippen molar-refractivity contribution in [2.45, 2.75) is 12.8 Å². The van der Waals surface area contributed by atoms with E-state index in [-0.39, 0.29) is 6.54 Å². The third kappa shape index (κ3) is 3.82. The van der Waals surface area contributed by atoms with Crippen molar-refractivity contribution in [2.75, 3.05) is 36.8 Å². The Bertz CT molecular complexity index is 531. The maximum atomic E-state index is 11.9. The van der Waals surface area contributed by atoms with Gasteiger partial charge in [-0.05, 0) is 30.5 Å². The molecule has 0 spiro atoms. The van der Waals surface area contributed by atoms with Crippen LogP contribution in [0.5, 0.6) is 0 Å². The first-order valence-electron chi connectivity index (χ1n) is 6.24. The molecule has 7 heteroatoms. The third-order valence-corrected chi connectivity index (χ3v) is 4.01. The lowest BCUT2D eigenvalue weighted by atomic mass is 10.0. The molecule has 106 valence electrons. The molecule has 0 unspecified atom stereocenters. The second kappa shape index (κ2) is 6.23. The third-order valence-electron chi connectivity index (χ3n) is 2.94. The number of fused-ring (bicyclic) bond motifs is 1. The highest BCUT2D eigenvalue weighted by Gasteiger charge is 2.16. The van der Waals surface area contributed by atoms with Crippen molar-refractivity contribution in [2.24, 2.45) is 0 Å². The lowest BCUT2D eigenvalue weighted by molar-refractivity contribution is 0.204. The van der Waals surface area contributed by atoms with Crippen LogP contribution in [-0.2, 0) is 21.4 Å². The molecule has 0 fully saturated rings. The van der Waals surface area contributed by atoms with Gasteiger partial charge in [-0.3, -0.25) is 4.72 Å². The fourth-order valence-corrected chi connectivity index (χ4v) is 2.97. The van der Waals surface area contributed by atoms with Crippen LogP contribution in [0.2, 0.25) is 0 Å². The lowest BCUT2D eigenvalue weighted by Crippen LogP contribution is -2.33. The molecule has 0 atom stereocenters. The zero-order valence-corrected chi connectivity index (χ0v) is 11.7. The highest BCUT2D eigenvalue weighted by molar-refractivity contribution is 7.90. The fraction of sp³-hybridized carbons (Fsp3) is 0.500. The predicted molar refractivity (Wildman–Crippen MR) is 75.7 cm³/mol. The van der Waals surface area contributed by atoms with Crippen LogP contribution in [0.4, 0.5) is 11.4 Å². The van der Waals surface area contributed by atoms with E-state index in [1.54, 1.807) is 6.07 Å². The van der Waals surface area contributed by atoms with Crippen LogP contribution in [0.3, 0.4) is 0 Å². The maximum absolute atomic E-state index is 11.9. The predicted octanol–water partition coefficient (Wildman–Crippen LogP) is 0.937. The van der Waals surface area contributed by atoms with Gasteiger partial charge in [-0.25, -0.2) is 0 Å². The van der Waals surface area contributed by atoms with Crippen LogP contribution in [0, 0.1) is 0 Å². The SMILES string of the molecule is COCCNS(=O)(=O)Nc1cccc2c1CCCN2. The maximum Gasteiger partial charge on any atom is 0.299 e. The van der Waals surface area contributed by atoms with Crippen molar-refractivity contribution in [1.82, 2.24) is 4.72 Å². The van der Waals surface area contributed by atoms with Gasteiger partial charge < -0.3 is 10.1 Å². The van der Waals surface area contributed by atoms with Gasteiger partial charge in [0.05, 0.1) is 12.3 Å². The first-order chi connectivity index (χ1) is 9.12. The number of methoxy groups -OCH3 is 1. The van der Waals surface area contributed by atoms with Gasteiger partial charge in [-0.1, -0.05) is 6.07 Å². The summed E-state index contributed by atoms with van der Waals surface area (Å²) >= 11 is 0. The summed E-state index contributed by atoms with van der Waals surface area (Å²) in [5.74, 6) is 0. The molecule has 1 aromatic carbocycles. The van der Waals surface area contributed by atoms with Crippen LogP contribution in [0.1, 0.15) is 12.0 Å². The van der Waals surface area contributed by atoms with Gasteiger partial charge >= 0.3 is 0 Å². The Balaban J connectivity index is 2.10. The summed E-state index contributed by atoms with van der Waals surface area (Å²) in [6, 6.07) is 5.58. The van der Waals surface area contributed by atoms with Crippen LogP contribution >= 0.6 is 0 Å². The van der Waals surface area contributed by atoms with Crippen molar-refractivity contribution >= 4 is 21.6 Å². The minimum atomic E-state index is -3.55. The summed E-state index contributed by atoms with van der Waals surface area (Å²) in [7, 11) is -2.02. The molecule has 1 aliphatic rings. The van der Waals surface area contributed by atoms with E-state index in [4.69, 9.17) is 4.74 Å². The molecule has 0 bridgehead atoms. The molecule has 0 saturated carbocycles. The number of benzene rings is 1. The van der Waals surface area contributed by atoms with E-state index in [9.17, 15) is 8.42 Å². The fourth-order valence-electron chi connectivity index (χ4n) is 2.06. The number of hydrogen-bond donors (Lipinski definition) is 3. The van der Waals surface area contributed by atoms with E-state index in [2.05, 4.69) is 14.8 Å². The van der Waals surface area contributed by atoms with Crippen molar-refractivity contribution in [3.05, 3.63) is 23.8 Å². The molecule has 1 aromatic rings. The highest BCUT2D eigenvalue weighted by atomic mass is 32.2. The summed E-state index contributed by atoms with van der Waals surface area (Å²) in [4.78, 5) is 0. The molecule has 6 nitrogen and oxygen atoms in total.